The Morgan fingerprint density at radius 1 is 1.44 bits per heavy atom. The minimum absolute atomic E-state index is 0. The van der Waals surface area contributed by atoms with Crippen LogP contribution in [0.2, 0.25) is 0 Å². The molecule has 6 heteroatoms. The van der Waals surface area contributed by atoms with E-state index in [4.69, 9.17) is 5.73 Å². The second-order valence-electron chi connectivity index (χ2n) is 3.07. The first-order valence-electron chi connectivity index (χ1n) is 4.65. The SMILES string of the molecule is Cl.NCCC(=O)Nc1nc2ccccc2s1. The summed E-state index contributed by atoms with van der Waals surface area (Å²) in [6.07, 6.45) is 0.329. The van der Waals surface area contributed by atoms with Crippen molar-refractivity contribution in [1.82, 2.24) is 4.98 Å². The van der Waals surface area contributed by atoms with Gasteiger partial charge in [0.1, 0.15) is 0 Å². The quantitative estimate of drug-likeness (QED) is 0.884. The van der Waals surface area contributed by atoms with Crippen LogP contribution in [0.4, 0.5) is 5.13 Å². The summed E-state index contributed by atoms with van der Waals surface area (Å²) in [6, 6.07) is 7.77. The number of carbonyl (C=O) groups excluding carboxylic acids is 1. The van der Waals surface area contributed by atoms with E-state index in [2.05, 4.69) is 10.3 Å². The van der Waals surface area contributed by atoms with Crippen molar-refractivity contribution in [3.63, 3.8) is 0 Å². The molecular weight excluding hydrogens is 246 g/mol. The van der Waals surface area contributed by atoms with Crippen molar-refractivity contribution >= 4 is 45.0 Å². The zero-order chi connectivity index (χ0) is 10.7. The normalized spacial score (nSPS) is 9.81. The number of carbonyl (C=O) groups is 1. The summed E-state index contributed by atoms with van der Waals surface area (Å²) in [6.45, 7) is 0.358. The van der Waals surface area contributed by atoms with Gasteiger partial charge in [0.25, 0.3) is 0 Å². The maximum Gasteiger partial charge on any atom is 0.227 e. The summed E-state index contributed by atoms with van der Waals surface area (Å²) in [7, 11) is 0. The van der Waals surface area contributed by atoms with Crippen molar-refractivity contribution < 1.29 is 4.79 Å². The lowest BCUT2D eigenvalue weighted by Gasteiger charge is -1.97. The minimum Gasteiger partial charge on any atom is -0.330 e. The molecule has 16 heavy (non-hydrogen) atoms. The molecule has 0 unspecified atom stereocenters. The van der Waals surface area contributed by atoms with Crippen LogP contribution in [-0.4, -0.2) is 17.4 Å². The number of hydrogen-bond donors (Lipinski definition) is 2. The van der Waals surface area contributed by atoms with Crippen LogP contribution >= 0.6 is 23.7 Å². The number of thiazole rings is 1. The third kappa shape index (κ3) is 2.91. The number of nitrogens with one attached hydrogen (secondary N) is 1. The van der Waals surface area contributed by atoms with Gasteiger partial charge in [0.2, 0.25) is 5.91 Å². The summed E-state index contributed by atoms with van der Waals surface area (Å²) < 4.78 is 1.07. The third-order valence-corrected chi connectivity index (χ3v) is 2.86. The summed E-state index contributed by atoms with van der Waals surface area (Å²) in [4.78, 5) is 15.5. The van der Waals surface area contributed by atoms with Crippen molar-refractivity contribution in [2.75, 3.05) is 11.9 Å². The number of benzene rings is 1. The zero-order valence-electron chi connectivity index (χ0n) is 8.47. The molecule has 0 saturated heterocycles. The van der Waals surface area contributed by atoms with Crippen molar-refractivity contribution in [1.29, 1.82) is 0 Å². The lowest BCUT2D eigenvalue weighted by molar-refractivity contribution is -0.116. The molecule has 0 atom stereocenters. The van der Waals surface area contributed by atoms with Gasteiger partial charge in [-0.15, -0.1) is 12.4 Å². The predicted octanol–water partition coefficient (Wildman–Crippen LogP) is 2.01. The third-order valence-electron chi connectivity index (χ3n) is 1.91. The maximum absolute atomic E-state index is 11.3. The Hall–Kier alpha value is -1.17. The van der Waals surface area contributed by atoms with Crippen molar-refractivity contribution in [3.05, 3.63) is 24.3 Å². The zero-order valence-corrected chi connectivity index (χ0v) is 10.1. The molecule has 1 heterocycles. The fourth-order valence-corrected chi connectivity index (χ4v) is 2.12. The first-order chi connectivity index (χ1) is 7.29. The van der Waals surface area contributed by atoms with E-state index < -0.39 is 0 Å². The summed E-state index contributed by atoms with van der Waals surface area (Å²) in [5.41, 5.74) is 6.19. The van der Waals surface area contributed by atoms with E-state index in [0.29, 0.717) is 18.1 Å². The molecule has 3 N–H and O–H groups in total. The number of amides is 1. The Bertz CT molecular complexity index is 453. The molecule has 1 amide bonds. The van der Waals surface area contributed by atoms with Crippen LogP contribution in [0, 0.1) is 0 Å². The van der Waals surface area contributed by atoms with Crippen LogP contribution < -0.4 is 11.1 Å². The highest BCUT2D eigenvalue weighted by atomic mass is 35.5. The van der Waals surface area contributed by atoms with Crippen molar-refractivity contribution in [2.45, 2.75) is 6.42 Å². The highest BCUT2D eigenvalue weighted by Gasteiger charge is 2.05. The number of aromatic nitrogens is 1. The molecule has 0 bridgehead atoms. The van der Waals surface area contributed by atoms with Gasteiger partial charge in [0, 0.05) is 13.0 Å². The van der Waals surface area contributed by atoms with E-state index in [9.17, 15) is 4.79 Å². The van der Waals surface area contributed by atoms with Crippen LogP contribution in [0.25, 0.3) is 10.2 Å². The van der Waals surface area contributed by atoms with E-state index in [1.54, 1.807) is 0 Å². The topological polar surface area (TPSA) is 68.0 Å². The average molecular weight is 258 g/mol. The van der Waals surface area contributed by atoms with Crippen LogP contribution in [-0.2, 0) is 4.79 Å². The fourth-order valence-electron chi connectivity index (χ4n) is 1.24. The molecule has 2 rings (SSSR count). The number of hydrogen-bond acceptors (Lipinski definition) is 4. The molecule has 0 aliphatic heterocycles. The summed E-state index contributed by atoms with van der Waals surface area (Å²) in [5, 5.41) is 3.35. The van der Waals surface area contributed by atoms with Gasteiger partial charge in [-0.1, -0.05) is 23.5 Å². The van der Waals surface area contributed by atoms with Gasteiger partial charge in [-0.3, -0.25) is 4.79 Å². The molecule has 0 aliphatic rings. The van der Waals surface area contributed by atoms with Gasteiger partial charge in [-0.25, -0.2) is 4.98 Å². The molecule has 2 aromatic rings. The lowest BCUT2D eigenvalue weighted by Crippen LogP contribution is -2.15. The molecule has 0 saturated carbocycles. The highest BCUT2D eigenvalue weighted by Crippen LogP contribution is 2.25. The lowest BCUT2D eigenvalue weighted by atomic mass is 10.3. The summed E-state index contributed by atoms with van der Waals surface area (Å²) >= 11 is 1.47. The Labute approximate surface area is 103 Å². The molecule has 0 spiro atoms. The average Bonchev–Trinajstić information content (AvgIpc) is 2.59. The van der Waals surface area contributed by atoms with Crippen LogP contribution in [0.15, 0.2) is 24.3 Å². The number of para-hydroxylation sites is 1. The summed E-state index contributed by atoms with van der Waals surface area (Å²) in [5.74, 6) is -0.0865. The molecule has 86 valence electrons. The molecule has 1 aromatic carbocycles. The Kier molecular flexibility index (Phi) is 4.67. The Balaban J connectivity index is 0.00000128. The van der Waals surface area contributed by atoms with Gasteiger partial charge in [-0.2, -0.15) is 0 Å². The van der Waals surface area contributed by atoms with E-state index in [-0.39, 0.29) is 18.3 Å². The predicted molar refractivity (Wildman–Crippen MR) is 69.2 cm³/mol. The van der Waals surface area contributed by atoms with Gasteiger partial charge >= 0.3 is 0 Å². The molecular formula is C10H12ClN3OS. The highest BCUT2D eigenvalue weighted by molar-refractivity contribution is 7.22. The minimum atomic E-state index is -0.0865. The first-order valence-corrected chi connectivity index (χ1v) is 5.47. The van der Waals surface area contributed by atoms with E-state index >= 15 is 0 Å². The van der Waals surface area contributed by atoms with E-state index in [1.807, 2.05) is 24.3 Å². The number of anilines is 1. The largest absolute Gasteiger partial charge is 0.330 e. The van der Waals surface area contributed by atoms with Gasteiger partial charge in [0.15, 0.2) is 5.13 Å². The Morgan fingerprint density at radius 2 is 2.19 bits per heavy atom. The van der Waals surface area contributed by atoms with Gasteiger partial charge < -0.3 is 11.1 Å². The monoisotopic (exact) mass is 257 g/mol. The standard InChI is InChI=1S/C10H11N3OS.ClH/c11-6-5-9(14)13-10-12-7-3-1-2-4-8(7)15-10;/h1-4H,5-6,11H2,(H,12,13,14);1H. The fraction of sp³-hybridized carbons (Fsp3) is 0.200. The van der Waals surface area contributed by atoms with E-state index in [1.165, 1.54) is 11.3 Å². The van der Waals surface area contributed by atoms with Crippen LogP contribution in [0.5, 0.6) is 0 Å². The first kappa shape index (κ1) is 12.9. The van der Waals surface area contributed by atoms with Crippen molar-refractivity contribution in [2.24, 2.45) is 5.73 Å². The molecule has 0 aliphatic carbocycles. The number of rotatable bonds is 3. The number of nitrogens with zero attached hydrogens (tertiary/aromatic N) is 1. The molecule has 1 aromatic heterocycles. The number of halogens is 1. The van der Waals surface area contributed by atoms with Crippen molar-refractivity contribution in [3.8, 4) is 0 Å². The molecule has 4 nitrogen and oxygen atoms in total. The molecule has 0 fully saturated rings. The smallest absolute Gasteiger partial charge is 0.227 e. The maximum atomic E-state index is 11.3. The Morgan fingerprint density at radius 3 is 2.88 bits per heavy atom. The molecule has 0 radical (unpaired) electrons. The van der Waals surface area contributed by atoms with Crippen LogP contribution in [0.1, 0.15) is 6.42 Å². The number of fused-ring (bicyclic) bond motifs is 1. The van der Waals surface area contributed by atoms with Gasteiger partial charge in [0.05, 0.1) is 10.2 Å². The van der Waals surface area contributed by atoms with Gasteiger partial charge in [-0.05, 0) is 12.1 Å². The second-order valence-corrected chi connectivity index (χ2v) is 4.10. The van der Waals surface area contributed by atoms with E-state index in [0.717, 1.165) is 10.2 Å². The van der Waals surface area contributed by atoms with Crippen LogP contribution in [0.3, 0.4) is 0 Å². The second kappa shape index (κ2) is 5.79. The number of nitrogens with two attached hydrogens (primary N) is 1.